The Balaban J connectivity index is 1.61. The highest BCUT2D eigenvalue weighted by molar-refractivity contribution is 8.00. The molecule has 2 atom stereocenters. The number of amides is 2. The van der Waals surface area contributed by atoms with Gasteiger partial charge >= 0.3 is 5.97 Å². The van der Waals surface area contributed by atoms with E-state index in [0.717, 1.165) is 22.5 Å². The lowest BCUT2D eigenvalue weighted by atomic mass is 10.0. The molecule has 1 aromatic rings. The van der Waals surface area contributed by atoms with Crippen molar-refractivity contribution in [3.63, 3.8) is 0 Å². The van der Waals surface area contributed by atoms with Crippen LogP contribution in [0, 0.1) is 0 Å². The molecule has 0 saturated carbocycles. The quantitative estimate of drug-likeness (QED) is 0.347. The molecule has 0 spiro atoms. The van der Waals surface area contributed by atoms with Crippen molar-refractivity contribution in [1.82, 2.24) is 15.2 Å². The highest BCUT2D eigenvalue weighted by Gasteiger charge is 2.53. The Morgan fingerprint density at radius 2 is 2.35 bits per heavy atom. The first-order valence-electron chi connectivity index (χ1n) is 7.17. The molecule has 12 heteroatoms. The highest BCUT2D eigenvalue weighted by atomic mass is 32.2. The Hall–Kier alpha value is -2.86. The molecule has 1 unspecified atom stereocenters. The molecule has 26 heavy (non-hydrogen) atoms. The van der Waals surface area contributed by atoms with E-state index in [2.05, 4.69) is 22.0 Å². The summed E-state index contributed by atoms with van der Waals surface area (Å²) in [7, 11) is 0. The van der Waals surface area contributed by atoms with E-state index >= 15 is 0 Å². The molecule has 1 saturated heterocycles. The van der Waals surface area contributed by atoms with Gasteiger partial charge in [-0.1, -0.05) is 17.8 Å². The summed E-state index contributed by atoms with van der Waals surface area (Å²) < 4.78 is 0. The number of hydrogen-bond donors (Lipinski definition) is 3. The second kappa shape index (κ2) is 7.17. The number of thioether (sulfide) groups is 1. The number of fused-ring (bicyclic) bond motifs is 1. The van der Waals surface area contributed by atoms with Crippen molar-refractivity contribution >= 4 is 52.2 Å². The zero-order chi connectivity index (χ0) is 18.8. The van der Waals surface area contributed by atoms with Crippen LogP contribution < -0.4 is 15.9 Å². The van der Waals surface area contributed by atoms with E-state index in [9.17, 15) is 19.5 Å². The van der Waals surface area contributed by atoms with Gasteiger partial charge in [-0.05, 0) is 5.57 Å². The number of nitrogen functional groups attached to an aromatic ring is 1. The number of rotatable bonds is 6. The SMILES string of the molecule is C=CC1=C(C(=O)O)N2C(=O)C(NC(=O)/C=N\Oc3csc(N)n3)[C@H]2SC1. The zero-order valence-corrected chi connectivity index (χ0v) is 14.7. The van der Waals surface area contributed by atoms with Crippen molar-refractivity contribution in [3.8, 4) is 5.88 Å². The summed E-state index contributed by atoms with van der Waals surface area (Å²) in [5.41, 5.74) is 5.80. The molecule has 136 valence electrons. The number of allylic oxidation sites excluding steroid dienone is 1. The number of thiazole rings is 1. The largest absolute Gasteiger partial charge is 0.477 e. The van der Waals surface area contributed by atoms with Crippen LogP contribution in [0.2, 0.25) is 0 Å². The molecule has 0 radical (unpaired) electrons. The molecular formula is C14H13N5O5S2. The van der Waals surface area contributed by atoms with Crippen molar-refractivity contribution in [3.05, 3.63) is 29.3 Å². The Kier molecular flexibility index (Phi) is 4.95. The van der Waals surface area contributed by atoms with E-state index in [1.54, 1.807) is 0 Å². The van der Waals surface area contributed by atoms with E-state index in [4.69, 9.17) is 10.6 Å². The van der Waals surface area contributed by atoms with Gasteiger partial charge in [0.2, 0.25) is 0 Å². The second-order valence-corrected chi connectivity index (χ2v) is 7.12. The van der Waals surface area contributed by atoms with Gasteiger partial charge in [-0.3, -0.25) is 14.5 Å². The number of carbonyl (C=O) groups excluding carboxylic acids is 2. The maximum absolute atomic E-state index is 12.3. The van der Waals surface area contributed by atoms with Gasteiger partial charge in [-0.15, -0.1) is 23.1 Å². The average molecular weight is 395 g/mol. The lowest BCUT2D eigenvalue weighted by molar-refractivity contribution is -0.150. The Bertz CT molecular complexity index is 849. The van der Waals surface area contributed by atoms with Crippen LogP contribution in [0.15, 0.2) is 34.5 Å². The molecule has 1 fully saturated rings. The van der Waals surface area contributed by atoms with Crippen LogP contribution >= 0.6 is 23.1 Å². The predicted molar refractivity (Wildman–Crippen MR) is 95.5 cm³/mol. The number of nitrogens with one attached hydrogen (secondary N) is 1. The number of β-lactam (4-membered cyclic amide) rings is 1. The molecule has 0 aliphatic carbocycles. The first kappa shape index (κ1) is 17.9. The van der Waals surface area contributed by atoms with E-state index < -0.39 is 29.2 Å². The van der Waals surface area contributed by atoms with Gasteiger partial charge in [-0.25, -0.2) is 4.79 Å². The summed E-state index contributed by atoms with van der Waals surface area (Å²) in [6.07, 6.45) is 2.28. The topological polar surface area (TPSA) is 147 Å². The molecule has 2 amide bonds. The molecular weight excluding hydrogens is 382 g/mol. The molecule has 2 aliphatic rings. The minimum absolute atomic E-state index is 0.0997. The average Bonchev–Trinajstić information content (AvgIpc) is 3.03. The second-order valence-electron chi connectivity index (χ2n) is 5.13. The van der Waals surface area contributed by atoms with Crippen molar-refractivity contribution in [1.29, 1.82) is 0 Å². The summed E-state index contributed by atoms with van der Waals surface area (Å²) in [6, 6.07) is -0.838. The maximum atomic E-state index is 12.3. The Labute approximate surface area is 155 Å². The van der Waals surface area contributed by atoms with Gasteiger partial charge in [0.25, 0.3) is 17.7 Å². The van der Waals surface area contributed by atoms with Crippen LogP contribution in [0.1, 0.15) is 0 Å². The molecule has 10 nitrogen and oxygen atoms in total. The van der Waals surface area contributed by atoms with Gasteiger partial charge in [0.15, 0.2) is 5.13 Å². The fourth-order valence-corrected chi connectivity index (χ4v) is 4.23. The fraction of sp³-hybridized carbons (Fsp3) is 0.214. The van der Waals surface area contributed by atoms with Crippen molar-refractivity contribution in [2.75, 3.05) is 11.5 Å². The number of aliphatic carboxylic acids is 1. The van der Waals surface area contributed by atoms with Gasteiger partial charge in [0, 0.05) is 5.75 Å². The number of aromatic nitrogens is 1. The smallest absolute Gasteiger partial charge is 0.352 e. The van der Waals surface area contributed by atoms with E-state index in [0.29, 0.717) is 16.5 Å². The summed E-state index contributed by atoms with van der Waals surface area (Å²) in [4.78, 5) is 45.4. The van der Waals surface area contributed by atoms with Crippen molar-refractivity contribution in [2.24, 2.45) is 5.16 Å². The van der Waals surface area contributed by atoms with Crippen LogP contribution in [0.4, 0.5) is 5.13 Å². The first-order chi connectivity index (χ1) is 12.4. The minimum atomic E-state index is -1.21. The maximum Gasteiger partial charge on any atom is 0.352 e. The van der Waals surface area contributed by atoms with Gasteiger partial charge in [-0.2, -0.15) is 4.98 Å². The fourth-order valence-electron chi connectivity index (χ4n) is 2.43. The molecule has 0 aromatic carbocycles. The third kappa shape index (κ3) is 3.28. The summed E-state index contributed by atoms with van der Waals surface area (Å²) in [5, 5.41) is 16.6. The standard InChI is InChI=1S/C14H13N5O5S2/c1-2-6-4-25-12-9(11(21)19(12)10(6)13(22)23)17-7(20)3-16-24-8-5-26-14(15)18-8/h2-3,5,9,12H,1,4H2,(H2,15,18)(H,17,20)(H,22,23)/b16-3-/t9?,12-/m1/s1. The van der Waals surface area contributed by atoms with Crippen LogP contribution in [-0.2, 0) is 14.4 Å². The van der Waals surface area contributed by atoms with Crippen LogP contribution in [0.25, 0.3) is 0 Å². The third-order valence-corrected chi connectivity index (χ3v) is 5.52. The lowest BCUT2D eigenvalue weighted by Gasteiger charge is -2.49. The Morgan fingerprint density at radius 3 is 2.96 bits per heavy atom. The number of oxime groups is 1. The normalized spacial score (nSPS) is 22.0. The highest BCUT2D eigenvalue weighted by Crippen LogP contribution is 2.40. The number of hydrogen-bond acceptors (Lipinski definition) is 9. The van der Waals surface area contributed by atoms with Gasteiger partial charge < -0.3 is 21.0 Å². The molecule has 1 aromatic heterocycles. The summed E-state index contributed by atoms with van der Waals surface area (Å²) in [5.74, 6) is -1.83. The monoisotopic (exact) mass is 395 g/mol. The lowest BCUT2D eigenvalue weighted by Crippen LogP contribution is -2.70. The van der Waals surface area contributed by atoms with Crippen LogP contribution in [0.5, 0.6) is 5.88 Å². The van der Waals surface area contributed by atoms with Gasteiger partial charge in [0.1, 0.15) is 23.3 Å². The third-order valence-electron chi connectivity index (χ3n) is 3.56. The predicted octanol–water partition coefficient (Wildman–Crippen LogP) is 0.0145. The number of carboxylic acids is 1. The minimum Gasteiger partial charge on any atom is -0.477 e. The molecule has 3 rings (SSSR count). The van der Waals surface area contributed by atoms with Crippen LogP contribution in [-0.4, -0.2) is 56.2 Å². The van der Waals surface area contributed by atoms with E-state index in [1.165, 1.54) is 23.2 Å². The zero-order valence-electron chi connectivity index (χ0n) is 13.1. The van der Waals surface area contributed by atoms with Crippen LogP contribution in [0.3, 0.4) is 0 Å². The van der Waals surface area contributed by atoms with Gasteiger partial charge in [0.05, 0.1) is 5.38 Å². The number of carboxylic acid groups (broad SMARTS) is 1. The molecule has 4 N–H and O–H groups in total. The molecule has 2 aliphatic heterocycles. The van der Waals surface area contributed by atoms with E-state index in [-0.39, 0.29) is 11.6 Å². The molecule has 3 heterocycles. The summed E-state index contributed by atoms with van der Waals surface area (Å²) >= 11 is 2.50. The van der Waals surface area contributed by atoms with Crippen molar-refractivity contribution < 1.29 is 24.3 Å². The number of nitrogens with zero attached hydrogens (tertiary/aromatic N) is 3. The number of carbonyl (C=O) groups is 3. The summed E-state index contributed by atoms with van der Waals surface area (Å²) in [6.45, 7) is 3.57. The Morgan fingerprint density at radius 1 is 1.58 bits per heavy atom. The molecule has 0 bridgehead atoms. The number of nitrogens with two attached hydrogens (primary N) is 1. The number of anilines is 1. The first-order valence-corrected chi connectivity index (χ1v) is 9.10. The van der Waals surface area contributed by atoms with Crippen molar-refractivity contribution in [2.45, 2.75) is 11.4 Å². The van der Waals surface area contributed by atoms with E-state index in [1.807, 2.05) is 0 Å².